The number of rotatable bonds is 3. The van der Waals surface area contributed by atoms with Gasteiger partial charge in [-0.15, -0.1) is 10.2 Å². The second-order valence-corrected chi connectivity index (χ2v) is 9.30. The molecule has 3 aliphatic rings. The lowest BCUT2D eigenvalue weighted by Crippen LogP contribution is -2.55. The maximum atomic E-state index is 13.3. The first-order valence-corrected chi connectivity index (χ1v) is 11.8. The maximum absolute atomic E-state index is 13.3. The van der Waals surface area contributed by atoms with E-state index >= 15 is 0 Å². The number of piperidine rings is 1. The predicted molar refractivity (Wildman–Crippen MR) is 118 cm³/mol. The molecule has 2 aromatic heterocycles. The highest BCUT2D eigenvalue weighted by molar-refractivity contribution is 5.80. The molecule has 0 spiro atoms. The van der Waals surface area contributed by atoms with Crippen LogP contribution in [-0.2, 0) is 4.79 Å². The zero-order valence-electron chi connectivity index (χ0n) is 18.2. The normalized spacial score (nSPS) is 24.5. The van der Waals surface area contributed by atoms with E-state index in [1.165, 1.54) is 32.1 Å². The molecular weight excluding hydrogens is 376 g/mol. The summed E-state index contributed by atoms with van der Waals surface area (Å²) in [7, 11) is 0. The van der Waals surface area contributed by atoms with Crippen LogP contribution in [-0.4, -0.2) is 75.6 Å². The highest BCUT2D eigenvalue weighted by atomic mass is 16.2. The van der Waals surface area contributed by atoms with E-state index in [0.717, 1.165) is 75.4 Å². The average molecular weight is 411 g/mol. The number of carbonyl (C=O) groups is 1. The van der Waals surface area contributed by atoms with Crippen molar-refractivity contribution in [3.8, 4) is 0 Å². The first-order valence-electron chi connectivity index (χ1n) is 11.8. The number of aryl methyl sites for hydroxylation is 1. The Morgan fingerprint density at radius 2 is 1.73 bits per heavy atom. The molecule has 1 unspecified atom stereocenters. The van der Waals surface area contributed by atoms with Gasteiger partial charge in [-0.2, -0.15) is 0 Å². The number of hydrogen-bond acceptors (Lipinski definition) is 5. The molecule has 30 heavy (non-hydrogen) atoms. The summed E-state index contributed by atoms with van der Waals surface area (Å²) in [5, 5.41) is 8.79. The summed E-state index contributed by atoms with van der Waals surface area (Å²) in [4.78, 5) is 20.3. The molecule has 4 heterocycles. The molecule has 1 aliphatic carbocycles. The molecule has 1 saturated carbocycles. The fraction of sp³-hybridized carbons (Fsp3) is 0.696. The van der Waals surface area contributed by atoms with Gasteiger partial charge in [-0.1, -0.05) is 25.3 Å². The van der Waals surface area contributed by atoms with Crippen LogP contribution in [0.1, 0.15) is 50.6 Å². The van der Waals surface area contributed by atoms with Crippen LogP contribution in [0.4, 0.5) is 5.95 Å². The Kier molecular flexibility index (Phi) is 5.63. The van der Waals surface area contributed by atoms with Crippen molar-refractivity contribution in [1.29, 1.82) is 0 Å². The van der Waals surface area contributed by atoms with Crippen LogP contribution in [0.2, 0.25) is 0 Å². The first kappa shape index (κ1) is 19.8. The topological polar surface area (TPSA) is 57.0 Å². The number of aromatic nitrogens is 3. The predicted octanol–water partition coefficient (Wildman–Crippen LogP) is 2.73. The minimum absolute atomic E-state index is 0.0661. The van der Waals surface area contributed by atoms with E-state index in [9.17, 15) is 4.79 Å². The fourth-order valence-electron chi connectivity index (χ4n) is 5.66. The highest BCUT2D eigenvalue weighted by Crippen LogP contribution is 2.27. The average Bonchev–Trinajstić information content (AvgIpc) is 3.25. The van der Waals surface area contributed by atoms with Gasteiger partial charge in [0.2, 0.25) is 11.9 Å². The van der Waals surface area contributed by atoms with Gasteiger partial charge in [-0.25, -0.2) is 0 Å². The van der Waals surface area contributed by atoms with E-state index in [1.807, 2.05) is 12.1 Å². The highest BCUT2D eigenvalue weighted by Gasteiger charge is 2.33. The van der Waals surface area contributed by atoms with E-state index in [2.05, 4.69) is 42.3 Å². The molecule has 7 heteroatoms. The molecule has 162 valence electrons. The SMILES string of the molecule is Cc1cccc2nnc(N3CCCC(C(=O)N4CCN(C5CCCCC5)CC4)C3)n12. The lowest BCUT2D eigenvalue weighted by Gasteiger charge is -2.42. The molecule has 5 rings (SSSR count). The molecule has 0 N–H and O–H groups in total. The first-order chi connectivity index (χ1) is 14.7. The molecule has 1 atom stereocenters. The lowest BCUT2D eigenvalue weighted by molar-refractivity contribution is -0.138. The number of amides is 1. The van der Waals surface area contributed by atoms with Gasteiger partial charge in [0, 0.05) is 51.0 Å². The minimum atomic E-state index is 0.0661. The number of nitrogens with zero attached hydrogens (tertiary/aromatic N) is 6. The molecule has 3 fully saturated rings. The quantitative estimate of drug-likeness (QED) is 0.779. The van der Waals surface area contributed by atoms with Crippen molar-refractivity contribution in [3.63, 3.8) is 0 Å². The molecule has 2 aromatic rings. The van der Waals surface area contributed by atoms with Crippen molar-refractivity contribution in [1.82, 2.24) is 24.4 Å². The monoisotopic (exact) mass is 410 g/mol. The summed E-state index contributed by atoms with van der Waals surface area (Å²) in [6.07, 6.45) is 8.84. The van der Waals surface area contributed by atoms with Crippen molar-refractivity contribution in [2.24, 2.45) is 5.92 Å². The zero-order valence-corrected chi connectivity index (χ0v) is 18.2. The number of fused-ring (bicyclic) bond motifs is 1. The van der Waals surface area contributed by atoms with Gasteiger partial charge >= 0.3 is 0 Å². The van der Waals surface area contributed by atoms with E-state index in [1.54, 1.807) is 0 Å². The standard InChI is InChI=1S/C23H34N6O/c1-18-7-5-11-21-24-25-23(29(18)21)28-12-6-8-19(17-28)22(30)27-15-13-26(14-16-27)20-9-3-2-4-10-20/h5,7,11,19-20H,2-4,6,8-10,12-17H2,1H3. The van der Waals surface area contributed by atoms with Crippen molar-refractivity contribution in [2.75, 3.05) is 44.2 Å². The van der Waals surface area contributed by atoms with E-state index in [-0.39, 0.29) is 5.92 Å². The number of anilines is 1. The summed E-state index contributed by atoms with van der Waals surface area (Å²) in [5.74, 6) is 1.28. The smallest absolute Gasteiger partial charge is 0.231 e. The third kappa shape index (κ3) is 3.80. The van der Waals surface area contributed by atoms with Crippen LogP contribution in [0.25, 0.3) is 5.65 Å². The minimum Gasteiger partial charge on any atom is -0.340 e. The number of pyridine rings is 1. The van der Waals surface area contributed by atoms with Gasteiger partial charge in [-0.3, -0.25) is 14.1 Å². The van der Waals surface area contributed by atoms with Crippen molar-refractivity contribution in [2.45, 2.75) is 57.9 Å². The molecule has 0 aromatic carbocycles. The van der Waals surface area contributed by atoms with Gasteiger partial charge in [0.05, 0.1) is 5.92 Å². The van der Waals surface area contributed by atoms with Gasteiger partial charge in [0.25, 0.3) is 0 Å². The fourth-order valence-corrected chi connectivity index (χ4v) is 5.66. The van der Waals surface area contributed by atoms with Gasteiger partial charge < -0.3 is 9.80 Å². The van der Waals surface area contributed by atoms with E-state index < -0.39 is 0 Å². The lowest BCUT2D eigenvalue weighted by atomic mass is 9.93. The van der Waals surface area contributed by atoms with E-state index in [0.29, 0.717) is 5.91 Å². The molecular formula is C23H34N6O. The second-order valence-electron chi connectivity index (χ2n) is 9.30. The zero-order chi connectivity index (χ0) is 20.5. The summed E-state index contributed by atoms with van der Waals surface area (Å²) in [6.45, 7) is 7.63. The Hall–Kier alpha value is -2.15. The Bertz CT molecular complexity index is 881. The van der Waals surface area contributed by atoms with Gasteiger partial charge in [0.15, 0.2) is 5.65 Å². The molecule has 2 aliphatic heterocycles. The van der Waals surface area contributed by atoms with Crippen LogP contribution in [0, 0.1) is 12.8 Å². The molecule has 1 amide bonds. The Morgan fingerprint density at radius 1 is 0.933 bits per heavy atom. The second kappa shape index (κ2) is 8.53. The van der Waals surface area contributed by atoms with Crippen LogP contribution >= 0.6 is 0 Å². The molecule has 7 nitrogen and oxygen atoms in total. The van der Waals surface area contributed by atoms with Gasteiger partial charge in [0.1, 0.15) is 0 Å². The van der Waals surface area contributed by atoms with Crippen LogP contribution in [0.3, 0.4) is 0 Å². The molecule has 2 saturated heterocycles. The third-order valence-corrected chi connectivity index (χ3v) is 7.38. The summed E-state index contributed by atoms with van der Waals surface area (Å²) >= 11 is 0. The summed E-state index contributed by atoms with van der Waals surface area (Å²) < 4.78 is 2.11. The van der Waals surface area contributed by atoms with Crippen LogP contribution in [0.15, 0.2) is 18.2 Å². The van der Waals surface area contributed by atoms with Gasteiger partial charge in [-0.05, 0) is 44.7 Å². The van der Waals surface area contributed by atoms with Crippen LogP contribution in [0.5, 0.6) is 0 Å². The third-order valence-electron chi connectivity index (χ3n) is 7.38. The Labute approximate surface area is 179 Å². The number of hydrogen-bond donors (Lipinski definition) is 0. The van der Waals surface area contributed by atoms with Crippen molar-refractivity contribution >= 4 is 17.5 Å². The summed E-state index contributed by atoms with van der Waals surface area (Å²) in [5.41, 5.74) is 2.00. The Morgan fingerprint density at radius 3 is 2.53 bits per heavy atom. The largest absolute Gasteiger partial charge is 0.340 e. The molecule has 0 bridgehead atoms. The number of carbonyl (C=O) groups excluding carboxylic acids is 1. The number of piperazine rings is 1. The van der Waals surface area contributed by atoms with Crippen molar-refractivity contribution < 1.29 is 4.79 Å². The van der Waals surface area contributed by atoms with Crippen molar-refractivity contribution in [3.05, 3.63) is 23.9 Å². The van der Waals surface area contributed by atoms with Crippen LogP contribution < -0.4 is 4.90 Å². The Balaban J connectivity index is 1.22. The van der Waals surface area contributed by atoms with E-state index in [4.69, 9.17) is 0 Å². The molecule has 0 radical (unpaired) electrons. The maximum Gasteiger partial charge on any atom is 0.231 e. The summed E-state index contributed by atoms with van der Waals surface area (Å²) in [6, 6.07) is 6.84.